The molecule has 0 amide bonds. The maximum absolute atomic E-state index is 5.94. The monoisotopic (exact) mass is 374 g/mol. The van der Waals surface area contributed by atoms with Gasteiger partial charge in [-0.05, 0) is 75.5 Å². The van der Waals surface area contributed by atoms with Crippen LogP contribution in [-0.2, 0) is 6.54 Å². The molecular weight excluding hydrogens is 348 g/mol. The highest BCUT2D eigenvalue weighted by molar-refractivity contribution is 6.30. The first kappa shape index (κ1) is 18.0. The van der Waals surface area contributed by atoms with Crippen molar-refractivity contribution in [2.75, 3.05) is 32.7 Å². The molecule has 0 spiro atoms. The second-order valence-electron chi connectivity index (χ2n) is 7.62. The quantitative estimate of drug-likeness (QED) is 0.788. The fourth-order valence-corrected chi connectivity index (χ4v) is 4.30. The Morgan fingerprint density at radius 3 is 2.58 bits per heavy atom. The van der Waals surface area contributed by atoms with Crippen molar-refractivity contribution < 1.29 is 4.52 Å². The fourth-order valence-electron chi connectivity index (χ4n) is 4.18. The van der Waals surface area contributed by atoms with E-state index in [1.54, 1.807) is 0 Å². The van der Waals surface area contributed by atoms with E-state index < -0.39 is 0 Å². The van der Waals surface area contributed by atoms with Crippen molar-refractivity contribution >= 4 is 11.6 Å². The molecule has 6 heteroatoms. The van der Waals surface area contributed by atoms with Gasteiger partial charge in [0.05, 0.1) is 6.54 Å². The molecule has 0 saturated carbocycles. The number of hydrogen-bond donors (Lipinski definition) is 0. The molecule has 3 heterocycles. The van der Waals surface area contributed by atoms with Crippen LogP contribution in [0.5, 0.6) is 0 Å². The van der Waals surface area contributed by atoms with Gasteiger partial charge in [-0.2, -0.15) is 4.98 Å². The van der Waals surface area contributed by atoms with Crippen LogP contribution >= 0.6 is 11.6 Å². The fraction of sp³-hybridized carbons (Fsp3) is 0.600. The first-order valence-corrected chi connectivity index (χ1v) is 10.2. The van der Waals surface area contributed by atoms with Gasteiger partial charge < -0.3 is 9.42 Å². The first-order valence-electron chi connectivity index (χ1n) is 9.79. The van der Waals surface area contributed by atoms with Gasteiger partial charge in [0.25, 0.3) is 0 Å². The van der Waals surface area contributed by atoms with E-state index in [4.69, 9.17) is 16.1 Å². The highest BCUT2D eigenvalue weighted by Crippen LogP contribution is 2.22. The zero-order valence-corrected chi connectivity index (χ0v) is 16.0. The zero-order chi connectivity index (χ0) is 17.8. The van der Waals surface area contributed by atoms with Gasteiger partial charge in [-0.1, -0.05) is 23.2 Å². The number of hydrogen-bond acceptors (Lipinski definition) is 5. The summed E-state index contributed by atoms with van der Waals surface area (Å²) in [7, 11) is 0. The lowest BCUT2D eigenvalue weighted by molar-refractivity contribution is 0.110. The molecule has 2 aliphatic heterocycles. The second-order valence-corrected chi connectivity index (χ2v) is 8.06. The number of aromatic nitrogens is 2. The molecule has 1 aromatic heterocycles. The Labute approximate surface area is 160 Å². The van der Waals surface area contributed by atoms with Crippen LogP contribution in [0.1, 0.15) is 38.0 Å². The van der Waals surface area contributed by atoms with Gasteiger partial charge in [0.1, 0.15) is 0 Å². The van der Waals surface area contributed by atoms with E-state index in [1.165, 1.54) is 51.7 Å². The summed E-state index contributed by atoms with van der Waals surface area (Å²) in [5.41, 5.74) is 0.936. The third kappa shape index (κ3) is 4.64. The van der Waals surface area contributed by atoms with Crippen LogP contribution in [0.15, 0.2) is 28.8 Å². The predicted octanol–water partition coefficient (Wildman–Crippen LogP) is 4.09. The zero-order valence-electron chi connectivity index (χ0n) is 15.2. The van der Waals surface area contributed by atoms with Crippen molar-refractivity contribution in [1.29, 1.82) is 0 Å². The number of nitrogens with zero attached hydrogens (tertiary/aromatic N) is 4. The van der Waals surface area contributed by atoms with Gasteiger partial charge in [-0.3, -0.25) is 4.90 Å². The van der Waals surface area contributed by atoms with E-state index in [0.717, 1.165) is 31.1 Å². The van der Waals surface area contributed by atoms with Gasteiger partial charge in [0, 0.05) is 23.7 Å². The molecule has 140 valence electrons. The molecule has 2 aromatic rings. The molecule has 0 bridgehead atoms. The van der Waals surface area contributed by atoms with E-state index in [2.05, 4.69) is 19.9 Å². The van der Waals surface area contributed by atoms with Crippen LogP contribution in [0, 0.1) is 5.92 Å². The molecule has 0 radical (unpaired) electrons. The predicted molar refractivity (Wildman–Crippen MR) is 103 cm³/mol. The summed E-state index contributed by atoms with van der Waals surface area (Å²) in [6, 6.07) is 7.55. The van der Waals surface area contributed by atoms with Gasteiger partial charge >= 0.3 is 0 Å². The third-order valence-corrected chi connectivity index (χ3v) is 5.75. The smallest absolute Gasteiger partial charge is 0.241 e. The third-order valence-electron chi connectivity index (χ3n) is 5.50. The lowest BCUT2D eigenvalue weighted by Gasteiger charge is -2.36. The molecule has 5 nitrogen and oxygen atoms in total. The molecule has 2 aliphatic rings. The second kappa shape index (κ2) is 8.51. The highest BCUT2D eigenvalue weighted by Gasteiger charge is 2.24. The van der Waals surface area contributed by atoms with E-state index in [9.17, 15) is 0 Å². The lowest BCUT2D eigenvalue weighted by Crippen LogP contribution is -2.42. The molecule has 2 saturated heterocycles. The van der Waals surface area contributed by atoms with Crippen LogP contribution < -0.4 is 0 Å². The van der Waals surface area contributed by atoms with Crippen LogP contribution in [-0.4, -0.2) is 52.7 Å². The van der Waals surface area contributed by atoms with E-state index >= 15 is 0 Å². The summed E-state index contributed by atoms with van der Waals surface area (Å²) in [4.78, 5) is 9.70. The largest absolute Gasteiger partial charge is 0.338 e. The maximum Gasteiger partial charge on any atom is 0.241 e. The first-order chi connectivity index (χ1) is 12.8. The molecule has 2 fully saturated rings. The van der Waals surface area contributed by atoms with E-state index in [0.29, 0.717) is 16.7 Å². The topological polar surface area (TPSA) is 45.4 Å². The van der Waals surface area contributed by atoms with E-state index in [1.807, 2.05) is 24.3 Å². The molecule has 1 aromatic carbocycles. The standard InChI is InChI=1S/C20H27ClN4O/c21-18-8-6-17(7-9-18)20-22-19(26-23-20)15-25-12-4-5-16(14-25)13-24-10-2-1-3-11-24/h6-9,16H,1-5,10-15H2/t16-/m1/s1. The Hall–Kier alpha value is -1.43. The summed E-state index contributed by atoms with van der Waals surface area (Å²) < 4.78 is 5.49. The Balaban J connectivity index is 1.32. The molecule has 4 rings (SSSR count). The summed E-state index contributed by atoms with van der Waals surface area (Å²) in [6.07, 6.45) is 6.74. The van der Waals surface area contributed by atoms with Crippen molar-refractivity contribution in [3.8, 4) is 11.4 Å². The minimum atomic E-state index is 0.638. The molecule has 0 unspecified atom stereocenters. The van der Waals surface area contributed by atoms with E-state index in [-0.39, 0.29) is 0 Å². The Bertz CT molecular complexity index is 696. The van der Waals surface area contributed by atoms with Crippen molar-refractivity contribution in [1.82, 2.24) is 19.9 Å². The van der Waals surface area contributed by atoms with Gasteiger partial charge in [0.2, 0.25) is 11.7 Å². The van der Waals surface area contributed by atoms with Crippen molar-refractivity contribution in [3.63, 3.8) is 0 Å². The van der Waals surface area contributed by atoms with Crippen molar-refractivity contribution in [3.05, 3.63) is 35.2 Å². The van der Waals surface area contributed by atoms with Gasteiger partial charge in [0.15, 0.2) is 0 Å². The number of benzene rings is 1. The molecule has 1 atom stereocenters. The summed E-state index contributed by atoms with van der Waals surface area (Å²) >= 11 is 5.94. The Morgan fingerprint density at radius 2 is 1.77 bits per heavy atom. The van der Waals surface area contributed by atoms with Crippen molar-refractivity contribution in [2.45, 2.75) is 38.6 Å². The average molecular weight is 375 g/mol. The minimum absolute atomic E-state index is 0.638. The Morgan fingerprint density at radius 1 is 1.00 bits per heavy atom. The normalized spacial score (nSPS) is 22.6. The number of likely N-dealkylation sites (tertiary alicyclic amines) is 2. The number of rotatable bonds is 5. The van der Waals surface area contributed by atoms with Crippen LogP contribution in [0.4, 0.5) is 0 Å². The average Bonchev–Trinajstić information content (AvgIpc) is 3.12. The minimum Gasteiger partial charge on any atom is -0.338 e. The van der Waals surface area contributed by atoms with Gasteiger partial charge in [-0.25, -0.2) is 0 Å². The number of piperidine rings is 2. The lowest BCUT2D eigenvalue weighted by atomic mass is 9.96. The van der Waals surface area contributed by atoms with Crippen LogP contribution in [0.2, 0.25) is 5.02 Å². The van der Waals surface area contributed by atoms with Crippen LogP contribution in [0.25, 0.3) is 11.4 Å². The Kier molecular flexibility index (Phi) is 5.88. The SMILES string of the molecule is Clc1ccc(-c2noc(CN3CCC[C@H](CN4CCCCC4)C3)n2)cc1. The summed E-state index contributed by atoms with van der Waals surface area (Å²) in [5.74, 6) is 2.10. The van der Waals surface area contributed by atoms with Crippen molar-refractivity contribution in [2.24, 2.45) is 5.92 Å². The molecule has 0 N–H and O–H groups in total. The van der Waals surface area contributed by atoms with Crippen LogP contribution in [0.3, 0.4) is 0 Å². The maximum atomic E-state index is 5.94. The summed E-state index contributed by atoms with van der Waals surface area (Å²) in [5, 5.41) is 4.84. The molecule has 0 aliphatic carbocycles. The molecular formula is C20H27ClN4O. The highest BCUT2D eigenvalue weighted by atomic mass is 35.5. The van der Waals surface area contributed by atoms with Gasteiger partial charge in [-0.15, -0.1) is 0 Å². The number of halogens is 1. The molecule has 26 heavy (non-hydrogen) atoms. The summed E-state index contributed by atoms with van der Waals surface area (Å²) in [6.45, 7) is 6.81.